The second kappa shape index (κ2) is 8.48. The van der Waals surface area contributed by atoms with Crippen LogP contribution in [-0.2, 0) is 24.6 Å². The Morgan fingerprint density at radius 3 is 1.87 bits per heavy atom. The minimum absolute atomic E-state index is 0.289. The highest BCUT2D eigenvalue weighted by molar-refractivity contribution is 6.01. The SMILES string of the molecule is COC(=O)C1=C[C@H](c2ccccc2)[C@@](C(=O)OC)(c2ccccc2)N1c1ccccc1. The van der Waals surface area contributed by atoms with E-state index in [1.165, 1.54) is 14.2 Å². The number of nitrogens with zero attached hydrogens (tertiary/aromatic N) is 1. The van der Waals surface area contributed by atoms with E-state index in [0.29, 0.717) is 5.69 Å². The van der Waals surface area contributed by atoms with Gasteiger partial charge < -0.3 is 14.4 Å². The molecule has 1 aliphatic rings. The maximum atomic E-state index is 13.7. The summed E-state index contributed by atoms with van der Waals surface area (Å²) in [5, 5.41) is 0. The van der Waals surface area contributed by atoms with Crippen LogP contribution in [0.1, 0.15) is 17.0 Å². The monoisotopic (exact) mass is 413 g/mol. The summed E-state index contributed by atoms with van der Waals surface area (Å²) in [5.74, 6) is -1.48. The van der Waals surface area contributed by atoms with Gasteiger partial charge in [0.05, 0.1) is 14.2 Å². The largest absolute Gasteiger partial charge is 0.467 e. The minimum Gasteiger partial charge on any atom is -0.467 e. The second-order valence-corrected chi connectivity index (χ2v) is 7.23. The third-order valence-electron chi connectivity index (χ3n) is 5.65. The summed E-state index contributed by atoms with van der Waals surface area (Å²) in [7, 11) is 2.71. The Balaban J connectivity index is 2.09. The molecule has 5 nitrogen and oxygen atoms in total. The lowest BCUT2D eigenvalue weighted by atomic mass is 9.75. The lowest BCUT2D eigenvalue weighted by Gasteiger charge is -2.42. The number of carbonyl (C=O) groups excluding carboxylic acids is 2. The maximum absolute atomic E-state index is 13.7. The van der Waals surface area contributed by atoms with Crippen LogP contribution in [0.3, 0.4) is 0 Å². The number of anilines is 1. The molecule has 0 spiro atoms. The number of rotatable bonds is 5. The van der Waals surface area contributed by atoms with Crippen LogP contribution < -0.4 is 4.90 Å². The molecule has 3 aromatic carbocycles. The highest BCUT2D eigenvalue weighted by Crippen LogP contribution is 2.52. The molecule has 0 fully saturated rings. The van der Waals surface area contributed by atoms with Gasteiger partial charge >= 0.3 is 11.9 Å². The summed E-state index contributed by atoms with van der Waals surface area (Å²) >= 11 is 0. The van der Waals surface area contributed by atoms with Crippen LogP contribution in [0.2, 0.25) is 0 Å². The maximum Gasteiger partial charge on any atom is 0.354 e. The van der Waals surface area contributed by atoms with Gasteiger partial charge in [0.1, 0.15) is 5.70 Å². The van der Waals surface area contributed by atoms with Crippen molar-refractivity contribution in [2.45, 2.75) is 11.5 Å². The molecule has 2 atom stereocenters. The Morgan fingerprint density at radius 1 is 0.774 bits per heavy atom. The molecule has 0 unspecified atom stereocenters. The second-order valence-electron chi connectivity index (χ2n) is 7.23. The van der Waals surface area contributed by atoms with Gasteiger partial charge in [-0.3, -0.25) is 0 Å². The zero-order valence-corrected chi connectivity index (χ0v) is 17.4. The lowest BCUT2D eigenvalue weighted by Crippen LogP contribution is -2.53. The fourth-order valence-electron chi connectivity index (χ4n) is 4.36. The van der Waals surface area contributed by atoms with Gasteiger partial charge in [-0.25, -0.2) is 9.59 Å². The van der Waals surface area contributed by atoms with Gasteiger partial charge in [-0.1, -0.05) is 78.9 Å². The quantitative estimate of drug-likeness (QED) is 0.580. The fraction of sp³-hybridized carbons (Fsp3) is 0.154. The summed E-state index contributed by atoms with van der Waals surface area (Å²) in [6.45, 7) is 0. The zero-order chi connectivity index (χ0) is 21.8. The van der Waals surface area contributed by atoms with Crippen molar-refractivity contribution in [1.29, 1.82) is 0 Å². The highest BCUT2D eigenvalue weighted by atomic mass is 16.5. The molecule has 1 heterocycles. The molecule has 0 aliphatic carbocycles. The Morgan fingerprint density at radius 2 is 1.32 bits per heavy atom. The molecule has 1 aliphatic heterocycles. The van der Waals surface area contributed by atoms with E-state index < -0.39 is 23.4 Å². The van der Waals surface area contributed by atoms with Crippen LogP contribution in [0.15, 0.2) is 103 Å². The van der Waals surface area contributed by atoms with Gasteiger partial charge in [0.15, 0.2) is 5.54 Å². The molecule has 0 N–H and O–H groups in total. The van der Waals surface area contributed by atoms with Crippen molar-refractivity contribution in [3.8, 4) is 0 Å². The molecule has 0 amide bonds. The number of benzene rings is 3. The molecular weight excluding hydrogens is 390 g/mol. The van der Waals surface area contributed by atoms with Gasteiger partial charge in [-0.2, -0.15) is 0 Å². The first kappa shape index (κ1) is 20.4. The Bertz CT molecular complexity index is 1100. The van der Waals surface area contributed by atoms with Gasteiger partial charge in [0.25, 0.3) is 0 Å². The first-order valence-corrected chi connectivity index (χ1v) is 9.99. The topological polar surface area (TPSA) is 55.8 Å². The van der Waals surface area contributed by atoms with Crippen LogP contribution in [0.25, 0.3) is 0 Å². The number of para-hydroxylation sites is 1. The summed E-state index contributed by atoms with van der Waals surface area (Å²) < 4.78 is 10.5. The lowest BCUT2D eigenvalue weighted by molar-refractivity contribution is -0.147. The average Bonchev–Trinajstić information content (AvgIpc) is 3.21. The third-order valence-corrected chi connectivity index (χ3v) is 5.65. The molecule has 4 rings (SSSR count). The molecule has 0 bridgehead atoms. The molecule has 5 heteroatoms. The highest BCUT2D eigenvalue weighted by Gasteiger charge is 2.59. The standard InChI is InChI=1S/C26H23NO4/c1-30-24(28)23-18-22(19-12-6-3-7-13-19)26(25(29)31-2,20-14-8-4-9-15-20)27(23)21-16-10-5-11-17-21/h3-18,22H,1-2H3/t22-,26-/m1/s1. The van der Waals surface area contributed by atoms with E-state index in [0.717, 1.165) is 11.1 Å². The number of esters is 2. The molecule has 0 saturated carbocycles. The summed E-state index contributed by atoms with van der Waals surface area (Å²) in [6, 6.07) is 28.4. The van der Waals surface area contributed by atoms with E-state index in [1.54, 1.807) is 11.0 Å². The number of methoxy groups -OCH3 is 2. The molecule has 31 heavy (non-hydrogen) atoms. The molecule has 3 aromatic rings. The van der Waals surface area contributed by atoms with Crippen molar-refractivity contribution in [2.24, 2.45) is 0 Å². The van der Waals surface area contributed by atoms with E-state index in [9.17, 15) is 9.59 Å². The fourth-order valence-corrected chi connectivity index (χ4v) is 4.36. The molecule has 156 valence electrons. The number of ether oxygens (including phenoxy) is 2. The molecule has 0 radical (unpaired) electrons. The van der Waals surface area contributed by atoms with Crippen molar-refractivity contribution >= 4 is 17.6 Å². The first-order valence-electron chi connectivity index (χ1n) is 9.99. The van der Waals surface area contributed by atoms with Gasteiger partial charge in [0.2, 0.25) is 0 Å². The average molecular weight is 413 g/mol. The van der Waals surface area contributed by atoms with Gasteiger partial charge in [-0.15, -0.1) is 0 Å². The Kier molecular flexibility index (Phi) is 5.58. The minimum atomic E-state index is -1.33. The van der Waals surface area contributed by atoms with E-state index in [1.807, 2.05) is 91.0 Å². The third kappa shape index (κ3) is 3.28. The summed E-state index contributed by atoms with van der Waals surface area (Å²) in [6.07, 6.45) is 1.80. The zero-order valence-electron chi connectivity index (χ0n) is 17.4. The van der Waals surface area contributed by atoms with E-state index in [-0.39, 0.29) is 5.70 Å². The van der Waals surface area contributed by atoms with Crippen molar-refractivity contribution in [2.75, 3.05) is 19.1 Å². The van der Waals surface area contributed by atoms with E-state index in [2.05, 4.69) is 0 Å². The molecule has 0 saturated heterocycles. The van der Waals surface area contributed by atoms with Crippen LogP contribution in [0.4, 0.5) is 5.69 Å². The van der Waals surface area contributed by atoms with E-state index >= 15 is 0 Å². The van der Waals surface area contributed by atoms with Crippen LogP contribution in [0, 0.1) is 0 Å². The van der Waals surface area contributed by atoms with Crippen molar-refractivity contribution in [3.05, 3.63) is 114 Å². The number of hydrogen-bond acceptors (Lipinski definition) is 5. The van der Waals surface area contributed by atoms with Gasteiger partial charge in [0, 0.05) is 11.6 Å². The number of hydrogen-bond donors (Lipinski definition) is 0. The van der Waals surface area contributed by atoms with Crippen LogP contribution in [0.5, 0.6) is 0 Å². The van der Waals surface area contributed by atoms with Crippen molar-refractivity contribution in [3.63, 3.8) is 0 Å². The predicted octanol–water partition coefficient (Wildman–Crippen LogP) is 4.42. The van der Waals surface area contributed by atoms with Crippen molar-refractivity contribution in [1.82, 2.24) is 0 Å². The summed E-state index contributed by atoms with van der Waals surface area (Å²) in [4.78, 5) is 28.4. The Labute approximate surface area is 181 Å². The first-order chi connectivity index (χ1) is 15.1. The number of carbonyl (C=O) groups is 2. The molecular formula is C26H23NO4. The summed E-state index contributed by atoms with van der Waals surface area (Å²) in [5.41, 5.74) is 1.25. The van der Waals surface area contributed by atoms with Crippen LogP contribution >= 0.6 is 0 Å². The van der Waals surface area contributed by atoms with Crippen molar-refractivity contribution < 1.29 is 19.1 Å². The normalized spacial score (nSPS) is 20.1. The smallest absolute Gasteiger partial charge is 0.354 e. The van der Waals surface area contributed by atoms with Gasteiger partial charge in [-0.05, 0) is 29.3 Å². The molecule has 0 aromatic heterocycles. The predicted molar refractivity (Wildman–Crippen MR) is 118 cm³/mol. The van der Waals surface area contributed by atoms with Crippen LogP contribution in [-0.4, -0.2) is 26.2 Å². The Hall–Kier alpha value is -3.86. The van der Waals surface area contributed by atoms with E-state index in [4.69, 9.17) is 9.47 Å².